The van der Waals surface area contributed by atoms with E-state index in [1.165, 1.54) is 12.1 Å². The van der Waals surface area contributed by atoms with E-state index in [1.54, 1.807) is 13.0 Å². The summed E-state index contributed by atoms with van der Waals surface area (Å²) in [6.45, 7) is 1.58. The Morgan fingerprint density at radius 1 is 1.56 bits per heavy atom. The summed E-state index contributed by atoms with van der Waals surface area (Å²) < 4.78 is 26.7. The van der Waals surface area contributed by atoms with Crippen LogP contribution < -0.4 is 10.5 Å². The van der Waals surface area contributed by atoms with Crippen molar-refractivity contribution in [1.82, 2.24) is 4.72 Å². The molecule has 0 aliphatic carbocycles. The molecule has 0 saturated heterocycles. The summed E-state index contributed by atoms with van der Waals surface area (Å²) in [5.74, 6) is 2.28. The zero-order chi connectivity index (χ0) is 12.3. The maximum absolute atomic E-state index is 11.9. The van der Waals surface area contributed by atoms with Crippen molar-refractivity contribution in [1.29, 1.82) is 0 Å². The van der Waals surface area contributed by atoms with E-state index in [9.17, 15) is 8.42 Å². The summed E-state index contributed by atoms with van der Waals surface area (Å²) >= 11 is 3.18. The lowest BCUT2D eigenvalue weighted by atomic mass is 10.3. The second kappa shape index (κ2) is 4.87. The molecule has 0 heterocycles. The molecule has 0 amide bonds. The second-order valence-electron chi connectivity index (χ2n) is 3.19. The summed E-state index contributed by atoms with van der Waals surface area (Å²) in [4.78, 5) is 0.0176. The van der Waals surface area contributed by atoms with Crippen LogP contribution in [0.15, 0.2) is 27.6 Å². The number of hydrogen-bond donors (Lipinski definition) is 2. The number of nitrogens with one attached hydrogen (secondary N) is 1. The van der Waals surface area contributed by atoms with Gasteiger partial charge in [0, 0.05) is 4.47 Å². The number of halogens is 1. The van der Waals surface area contributed by atoms with E-state index >= 15 is 0 Å². The van der Waals surface area contributed by atoms with Crippen LogP contribution in [0.5, 0.6) is 0 Å². The highest BCUT2D eigenvalue weighted by atomic mass is 79.9. The first kappa shape index (κ1) is 13.0. The fourth-order valence-corrected chi connectivity index (χ4v) is 2.90. The first-order chi connectivity index (χ1) is 7.36. The predicted octanol–water partition coefficient (Wildman–Crippen LogP) is 1.33. The molecule has 0 aliphatic heterocycles. The van der Waals surface area contributed by atoms with Gasteiger partial charge >= 0.3 is 0 Å². The fraction of sp³-hybridized carbons (Fsp3) is 0.200. The van der Waals surface area contributed by atoms with Gasteiger partial charge in [0.05, 0.1) is 11.7 Å². The van der Waals surface area contributed by atoms with Crippen molar-refractivity contribution in [2.75, 3.05) is 5.73 Å². The van der Waals surface area contributed by atoms with Crippen LogP contribution in [0.1, 0.15) is 6.92 Å². The van der Waals surface area contributed by atoms with Crippen LogP contribution in [0.4, 0.5) is 5.69 Å². The van der Waals surface area contributed by atoms with Crippen molar-refractivity contribution in [3.8, 4) is 12.3 Å². The normalized spacial score (nSPS) is 13.1. The van der Waals surface area contributed by atoms with E-state index in [0.29, 0.717) is 4.47 Å². The number of nitrogens with two attached hydrogens (primary N) is 1. The van der Waals surface area contributed by atoms with E-state index in [2.05, 4.69) is 26.6 Å². The number of anilines is 1. The van der Waals surface area contributed by atoms with E-state index in [0.717, 1.165) is 0 Å². The number of rotatable bonds is 3. The van der Waals surface area contributed by atoms with Crippen LogP contribution in [0.2, 0.25) is 0 Å². The molecular formula is C10H11BrN2O2S. The largest absolute Gasteiger partial charge is 0.398 e. The van der Waals surface area contributed by atoms with Gasteiger partial charge in [0.15, 0.2) is 0 Å². The lowest BCUT2D eigenvalue weighted by Gasteiger charge is -2.11. The summed E-state index contributed by atoms with van der Waals surface area (Å²) in [7, 11) is -3.67. The highest BCUT2D eigenvalue weighted by Crippen LogP contribution is 2.22. The van der Waals surface area contributed by atoms with Gasteiger partial charge in [-0.25, -0.2) is 8.42 Å². The number of sulfonamides is 1. The van der Waals surface area contributed by atoms with Gasteiger partial charge < -0.3 is 5.73 Å². The average Bonchev–Trinajstić information content (AvgIpc) is 2.20. The van der Waals surface area contributed by atoms with Crippen LogP contribution in [0.25, 0.3) is 0 Å². The fourth-order valence-electron chi connectivity index (χ4n) is 1.07. The Morgan fingerprint density at radius 2 is 2.19 bits per heavy atom. The molecule has 4 nitrogen and oxygen atoms in total. The third kappa shape index (κ3) is 2.98. The molecular weight excluding hydrogens is 292 g/mol. The first-order valence-corrected chi connectivity index (χ1v) is 6.68. The third-order valence-corrected chi connectivity index (χ3v) is 3.94. The number of nitrogen functional groups attached to an aromatic ring is 1. The standard InChI is InChI=1S/C10H11BrN2O2S/c1-3-7(2)13-16(14,15)10-6-8(11)4-5-9(10)12/h1,4-7,13H,12H2,2H3. The molecule has 0 radical (unpaired) electrons. The predicted molar refractivity (Wildman–Crippen MR) is 67.2 cm³/mol. The van der Waals surface area contributed by atoms with Gasteiger partial charge in [0.25, 0.3) is 0 Å². The number of hydrogen-bond acceptors (Lipinski definition) is 3. The second-order valence-corrected chi connectivity index (χ2v) is 5.79. The number of benzene rings is 1. The molecule has 0 aliphatic rings. The summed E-state index contributed by atoms with van der Waals surface area (Å²) in [5.41, 5.74) is 5.78. The summed E-state index contributed by atoms with van der Waals surface area (Å²) in [6, 6.07) is 4.03. The molecule has 1 aromatic carbocycles. The van der Waals surface area contributed by atoms with Crippen LogP contribution in [0.3, 0.4) is 0 Å². The molecule has 16 heavy (non-hydrogen) atoms. The summed E-state index contributed by atoms with van der Waals surface area (Å²) in [5, 5.41) is 0. The molecule has 0 bridgehead atoms. The minimum absolute atomic E-state index is 0.0176. The quantitative estimate of drug-likeness (QED) is 0.653. The van der Waals surface area contributed by atoms with Gasteiger partial charge in [-0.05, 0) is 25.1 Å². The SMILES string of the molecule is C#CC(C)NS(=O)(=O)c1cc(Br)ccc1N. The Balaban J connectivity index is 3.18. The monoisotopic (exact) mass is 302 g/mol. The highest BCUT2D eigenvalue weighted by molar-refractivity contribution is 9.10. The van der Waals surface area contributed by atoms with E-state index in [1.807, 2.05) is 0 Å². The minimum Gasteiger partial charge on any atom is -0.398 e. The smallest absolute Gasteiger partial charge is 0.243 e. The molecule has 3 N–H and O–H groups in total. The Kier molecular flexibility index (Phi) is 3.97. The van der Waals surface area contributed by atoms with Crippen molar-refractivity contribution >= 4 is 31.6 Å². The molecule has 6 heteroatoms. The molecule has 0 fully saturated rings. The zero-order valence-corrected chi connectivity index (χ0v) is 11.0. The molecule has 0 spiro atoms. The average molecular weight is 303 g/mol. The van der Waals surface area contributed by atoms with E-state index in [4.69, 9.17) is 12.2 Å². The molecule has 1 unspecified atom stereocenters. The van der Waals surface area contributed by atoms with Gasteiger partial charge in [0.1, 0.15) is 4.90 Å². The van der Waals surface area contributed by atoms with Crippen molar-refractivity contribution in [3.05, 3.63) is 22.7 Å². The van der Waals surface area contributed by atoms with Gasteiger partial charge in [-0.1, -0.05) is 21.9 Å². The Hall–Kier alpha value is -1.03. The van der Waals surface area contributed by atoms with E-state index in [-0.39, 0.29) is 10.6 Å². The molecule has 86 valence electrons. The van der Waals surface area contributed by atoms with Crippen molar-refractivity contribution in [3.63, 3.8) is 0 Å². The Labute approximate surface area is 103 Å². The lowest BCUT2D eigenvalue weighted by molar-refractivity contribution is 0.578. The van der Waals surface area contributed by atoms with Crippen molar-refractivity contribution in [2.45, 2.75) is 17.9 Å². The molecule has 0 aromatic heterocycles. The zero-order valence-electron chi connectivity index (χ0n) is 8.57. The van der Waals surface area contributed by atoms with Crippen LogP contribution in [0, 0.1) is 12.3 Å². The maximum atomic E-state index is 11.9. The summed E-state index contributed by atoms with van der Waals surface area (Å²) in [6.07, 6.45) is 5.11. The van der Waals surface area contributed by atoms with Crippen molar-refractivity contribution in [2.24, 2.45) is 0 Å². The third-order valence-electron chi connectivity index (χ3n) is 1.85. The molecule has 1 aromatic rings. The van der Waals surface area contributed by atoms with Crippen LogP contribution in [-0.2, 0) is 10.0 Å². The van der Waals surface area contributed by atoms with Gasteiger partial charge in [-0.2, -0.15) is 4.72 Å². The van der Waals surface area contributed by atoms with Gasteiger partial charge in [0.2, 0.25) is 10.0 Å². The van der Waals surface area contributed by atoms with Crippen LogP contribution >= 0.6 is 15.9 Å². The minimum atomic E-state index is -3.67. The maximum Gasteiger partial charge on any atom is 0.243 e. The van der Waals surface area contributed by atoms with Gasteiger partial charge in [-0.3, -0.25) is 0 Å². The first-order valence-electron chi connectivity index (χ1n) is 4.40. The van der Waals surface area contributed by atoms with Gasteiger partial charge in [-0.15, -0.1) is 6.42 Å². The molecule has 1 rings (SSSR count). The highest BCUT2D eigenvalue weighted by Gasteiger charge is 2.19. The molecule has 0 saturated carbocycles. The lowest BCUT2D eigenvalue weighted by Crippen LogP contribution is -2.31. The molecule has 1 atom stereocenters. The number of terminal acetylenes is 1. The Bertz CT molecular complexity index is 534. The van der Waals surface area contributed by atoms with Crippen molar-refractivity contribution < 1.29 is 8.42 Å². The van der Waals surface area contributed by atoms with E-state index < -0.39 is 16.1 Å². The van der Waals surface area contributed by atoms with Crippen LogP contribution in [-0.4, -0.2) is 14.5 Å². The topological polar surface area (TPSA) is 72.2 Å². The Morgan fingerprint density at radius 3 is 2.75 bits per heavy atom.